The summed E-state index contributed by atoms with van der Waals surface area (Å²) in [5.74, 6) is 1.97. The summed E-state index contributed by atoms with van der Waals surface area (Å²) in [5, 5.41) is 12.9. The third kappa shape index (κ3) is 2.86. The maximum atomic E-state index is 9.81. The average molecular weight is 253 g/mol. The number of aliphatic hydroxyl groups is 1. The highest BCUT2D eigenvalue weighted by atomic mass is 16.5. The fourth-order valence-electron chi connectivity index (χ4n) is 2.02. The predicted molar refractivity (Wildman–Crippen MR) is 67.5 cm³/mol. The molecule has 0 radical (unpaired) electrons. The number of hydrogen-bond donors (Lipinski definition) is 2. The van der Waals surface area contributed by atoms with E-state index in [2.05, 4.69) is 5.32 Å². The Balaban J connectivity index is 2.08. The van der Waals surface area contributed by atoms with Crippen molar-refractivity contribution in [1.29, 1.82) is 0 Å². The largest absolute Gasteiger partial charge is 0.493 e. The van der Waals surface area contributed by atoms with Gasteiger partial charge in [0.1, 0.15) is 18.0 Å². The molecule has 1 aliphatic heterocycles. The first kappa shape index (κ1) is 13.0. The molecule has 1 saturated heterocycles. The van der Waals surface area contributed by atoms with Crippen molar-refractivity contribution < 1.29 is 19.3 Å². The van der Waals surface area contributed by atoms with E-state index in [1.165, 1.54) is 0 Å². The Morgan fingerprint density at radius 2 is 2.00 bits per heavy atom. The molecule has 1 aromatic carbocycles. The normalized spacial score (nSPS) is 23.5. The SMILES string of the molecule is COc1ccc(OC2CCNCC2O)cc1OC. The Bertz CT molecular complexity index is 397. The van der Waals surface area contributed by atoms with Gasteiger partial charge in [-0.2, -0.15) is 0 Å². The summed E-state index contributed by atoms with van der Waals surface area (Å²) in [5.41, 5.74) is 0. The van der Waals surface area contributed by atoms with E-state index in [1.54, 1.807) is 26.4 Å². The Hall–Kier alpha value is -1.46. The third-order valence-corrected chi connectivity index (χ3v) is 3.03. The van der Waals surface area contributed by atoms with Gasteiger partial charge in [0.25, 0.3) is 0 Å². The number of benzene rings is 1. The molecule has 100 valence electrons. The van der Waals surface area contributed by atoms with Gasteiger partial charge in [0.2, 0.25) is 0 Å². The lowest BCUT2D eigenvalue weighted by Crippen LogP contribution is -2.46. The average Bonchev–Trinajstić information content (AvgIpc) is 2.41. The van der Waals surface area contributed by atoms with Gasteiger partial charge >= 0.3 is 0 Å². The van der Waals surface area contributed by atoms with E-state index in [4.69, 9.17) is 14.2 Å². The lowest BCUT2D eigenvalue weighted by Gasteiger charge is -2.29. The van der Waals surface area contributed by atoms with E-state index in [9.17, 15) is 5.11 Å². The van der Waals surface area contributed by atoms with Crippen molar-refractivity contribution in [3.8, 4) is 17.2 Å². The lowest BCUT2D eigenvalue weighted by molar-refractivity contribution is 0.0161. The topological polar surface area (TPSA) is 60.0 Å². The first-order valence-electron chi connectivity index (χ1n) is 6.02. The molecule has 2 N–H and O–H groups in total. The Kier molecular flexibility index (Phi) is 4.28. The Morgan fingerprint density at radius 1 is 1.22 bits per heavy atom. The molecular formula is C13H19NO4. The van der Waals surface area contributed by atoms with Crippen LogP contribution in [0.2, 0.25) is 0 Å². The van der Waals surface area contributed by atoms with Gasteiger partial charge in [0.05, 0.1) is 14.2 Å². The highest BCUT2D eigenvalue weighted by molar-refractivity contribution is 5.45. The van der Waals surface area contributed by atoms with Crippen LogP contribution in [0, 0.1) is 0 Å². The molecule has 0 bridgehead atoms. The molecular weight excluding hydrogens is 234 g/mol. The third-order valence-electron chi connectivity index (χ3n) is 3.03. The molecule has 0 aliphatic carbocycles. The second-order valence-electron chi connectivity index (χ2n) is 4.23. The number of ether oxygens (including phenoxy) is 3. The number of rotatable bonds is 4. The molecule has 2 unspecified atom stereocenters. The van der Waals surface area contributed by atoms with Crippen molar-refractivity contribution in [2.45, 2.75) is 18.6 Å². The van der Waals surface area contributed by atoms with Gasteiger partial charge in [0.15, 0.2) is 11.5 Å². The molecule has 5 heteroatoms. The highest BCUT2D eigenvalue weighted by Crippen LogP contribution is 2.31. The smallest absolute Gasteiger partial charge is 0.164 e. The fourth-order valence-corrected chi connectivity index (χ4v) is 2.02. The number of nitrogens with one attached hydrogen (secondary N) is 1. The van der Waals surface area contributed by atoms with Gasteiger partial charge in [-0.25, -0.2) is 0 Å². The van der Waals surface area contributed by atoms with Gasteiger partial charge in [-0.3, -0.25) is 0 Å². The highest BCUT2D eigenvalue weighted by Gasteiger charge is 2.24. The number of methoxy groups -OCH3 is 2. The van der Waals surface area contributed by atoms with Gasteiger partial charge in [0, 0.05) is 12.6 Å². The van der Waals surface area contributed by atoms with Crippen molar-refractivity contribution in [3.63, 3.8) is 0 Å². The van der Waals surface area contributed by atoms with E-state index in [0.29, 0.717) is 23.8 Å². The van der Waals surface area contributed by atoms with E-state index < -0.39 is 6.10 Å². The summed E-state index contributed by atoms with van der Waals surface area (Å²) in [6.45, 7) is 1.42. The van der Waals surface area contributed by atoms with Crippen LogP contribution >= 0.6 is 0 Å². The molecule has 0 amide bonds. The first-order valence-corrected chi connectivity index (χ1v) is 6.02. The minimum Gasteiger partial charge on any atom is -0.493 e. The molecule has 0 aromatic heterocycles. The van der Waals surface area contributed by atoms with Gasteiger partial charge in [-0.15, -0.1) is 0 Å². The summed E-state index contributed by atoms with van der Waals surface area (Å²) in [7, 11) is 3.18. The van der Waals surface area contributed by atoms with Crippen molar-refractivity contribution >= 4 is 0 Å². The molecule has 1 fully saturated rings. The minimum atomic E-state index is -0.480. The van der Waals surface area contributed by atoms with E-state index >= 15 is 0 Å². The zero-order chi connectivity index (χ0) is 13.0. The van der Waals surface area contributed by atoms with Crippen LogP contribution < -0.4 is 19.5 Å². The summed E-state index contributed by atoms with van der Waals surface area (Å²) < 4.78 is 16.2. The summed E-state index contributed by atoms with van der Waals surface area (Å²) in [6.07, 6.45) is 0.131. The molecule has 1 aromatic rings. The van der Waals surface area contributed by atoms with Crippen molar-refractivity contribution in [1.82, 2.24) is 5.32 Å². The molecule has 1 aliphatic rings. The number of piperidine rings is 1. The molecule has 18 heavy (non-hydrogen) atoms. The van der Waals surface area contributed by atoms with Gasteiger partial charge < -0.3 is 24.6 Å². The van der Waals surface area contributed by atoms with Crippen LogP contribution in [0.1, 0.15) is 6.42 Å². The maximum Gasteiger partial charge on any atom is 0.164 e. The van der Waals surface area contributed by atoms with Crippen LogP contribution in [0.5, 0.6) is 17.2 Å². The van der Waals surface area contributed by atoms with Crippen LogP contribution in [0.15, 0.2) is 18.2 Å². The van der Waals surface area contributed by atoms with Crippen molar-refractivity contribution in [2.75, 3.05) is 27.3 Å². The number of aliphatic hydroxyl groups excluding tert-OH is 1. The van der Waals surface area contributed by atoms with Crippen molar-refractivity contribution in [3.05, 3.63) is 18.2 Å². The van der Waals surface area contributed by atoms with E-state index in [0.717, 1.165) is 13.0 Å². The zero-order valence-electron chi connectivity index (χ0n) is 10.7. The minimum absolute atomic E-state index is 0.177. The second-order valence-corrected chi connectivity index (χ2v) is 4.23. The fraction of sp³-hybridized carbons (Fsp3) is 0.538. The van der Waals surface area contributed by atoms with E-state index in [1.807, 2.05) is 6.07 Å². The van der Waals surface area contributed by atoms with E-state index in [-0.39, 0.29) is 6.10 Å². The summed E-state index contributed by atoms with van der Waals surface area (Å²) >= 11 is 0. The zero-order valence-corrected chi connectivity index (χ0v) is 10.7. The Labute approximate surface area is 107 Å². The quantitative estimate of drug-likeness (QED) is 0.831. The standard InChI is InChI=1S/C13H19NO4/c1-16-12-4-3-9(7-13(12)17-2)18-11-5-6-14-8-10(11)15/h3-4,7,10-11,14-15H,5-6,8H2,1-2H3. The lowest BCUT2D eigenvalue weighted by atomic mass is 10.1. The van der Waals surface area contributed by atoms with Crippen molar-refractivity contribution in [2.24, 2.45) is 0 Å². The monoisotopic (exact) mass is 253 g/mol. The molecule has 2 rings (SSSR count). The van der Waals surface area contributed by atoms with Crippen LogP contribution in [0.3, 0.4) is 0 Å². The van der Waals surface area contributed by atoms with Crippen LogP contribution in [-0.2, 0) is 0 Å². The molecule has 2 atom stereocenters. The molecule has 5 nitrogen and oxygen atoms in total. The van der Waals surface area contributed by atoms with Gasteiger partial charge in [-0.1, -0.05) is 0 Å². The number of β-amino-alcohol motifs (C(OH)–C–C–N with tert-alkyl or cyclic N) is 1. The van der Waals surface area contributed by atoms with Gasteiger partial charge in [-0.05, 0) is 25.1 Å². The second kappa shape index (κ2) is 5.93. The van der Waals surface area contributed by atoms with Crippen LogP contribution in [-0.4, -0.2) is 44.6 Å². The maximum absolute atomic E-state index is 9.81. The van der Waals surface area contributed by atoms with Crippen LogP contribution in [0.4, 0.5) is 0 Å². The number of hydrogen-bond acceptors (Lipinski definition) is 5. The summed E-state index contributed by atoms with van der Waals surface area (Å²) in [4.78, 5) is 0. The summed E-state index contributed by atoms with van der Waals surface area (Å²) in [6, 6.07) is 5.38. The molecule has 0 spiro atoms. The Morgan fingerprint density at radius 3 is 2.67 bits per heavy atom. The predicted octanol–water partition coefficient (Wildman–Crippen LogP) is 0.805. The van der Waals surface area contributed by atoms with Crippen LogP contribution in [0.25, 0.3) is 0 Å². The molecule has 1 heterocycles. The molecule has 0 saturated carbocycles. The first-order chi connectivity index (χ1) is 8.74.